The second-order valence-electron chi connectivity index (χ2n) is 7.46. The van der Waals surface area contributed by atoms with Gasteiger partial charge in [-0.15, -0.1) is 0 Å². The molecule has 3 aromatic rings. The van der Waals surface area contributed by atoms with Gasteiger partial charge in [-0.05, 0) is 31.4 Å². The zero-order valence-corrected chi connectivity index (χ0v) is 17.5. The molecule has 14 heteroatoms. The summed E-state index contributed by atoms with van der Waals surface area (Å²) in [6.45, 7) is 0.551. The Hall–Kier alpha value is -4.88. The normalized spacial score (nSPS) is 14.3. The van der Waals surface area contributed by atoms with Crippen molar-refractivity contribution in [3.63, 3.8) is 0 Å². The second kappa shape index (κ2) is 8.93. The lowest BCUT2D eigenvalue weighted by Crippen LogP contribution is -2.20. The standard InChI is InChI=1S/C20H17N7O7/c28-20-15-9-13(25(29)30)5-7-17(15)24-8-2-1-3-12(19(24)22-20)11-21-23-16-6-4-14(26(31)32)10-18(16)27(33)34/h4-7,9-11,21,23H,1-3,8H2. The molecule has 0 fully saturated rings. The number of fused-ring (bicyclic) bond motifs is 3. The molecule has 34 heavy (non-hydrogen) atoms. The number of aryl methyl sites for hydroxylation is 1. The first kappa shape index (κ1) is 22.3. The highest BCUT2D eigenvalue weighted by molar-refractivity contribution is 5.82. The number of allylic oxidation sites excluding steroid dienone is 1. The van der Waals surface area contributed by atoms with Crippen LogP contribution in [0.5, 0.6) is 0 Å². The maximum Gasteiger partial charge on any atom is 0.300 e. The van der Waals surface area contributed by atoms with Gasteiger partial charge in [0, 0.05) is 36.5 Å². The Morgan fingerprint density at radius 1 is 0.941 bits per heavy atom. The van der Waals surface area contributed by atoms with Crippen molar-refractivity contribution >= 4 is 39.2 Å². The molecular weight excluding hydrogens is 450 g/mol. The van der Waals surface area contributed by atoms with E-state index in [1.165, 1.54) is 30.5 Å². The van der Waals surface area contributed by atoms with Crippen LogP contribution in [0, 0.1) is 30.3 Å². The first-order valence-electron chi connectivity index (χ1n) is 10.1. The quantitative estimate of drug-likeness (QED) is 0.402. The number of nitro benzene ring substituents is 3. The maximum atomic E-state index is 12.6. The molecule has 0 spiro atoms. The van der Waals surface area contributed by atoms with Gasteiger partial charge in [-0.1, -0.05) is 0 Å². The monoisotopic (exact) mass is 467 g/mol. The summed E-state index contributed by atoms with van der Waals surface area (Å²) < 4.78 is 1.81. The summed E-state index contributed by atoms with van der Waals surface area (Å²) in [5.41, 5.74) is 4.87. The molecule has 0 saturated heterocycles. The summed E-state index contributed by atoms with van der Waals surface area (Å²) in [6, 6.07) is 7.26. The lowest BCUT2D eigenvalue weighted by molar-refractivity contribution is -0.393. The second-order valence-corrected chi connectivity index (χ2v) is 7.46. The first-order valence-corrected chi connectivity index (χ1v) is 10.1. The van der Waals surface area contributed by atoms with E-state index >= 15 is 0 Å². The van der Waals surface area contributed by atoms with E-state index in [9.17, 15) is 35.1 Å². The highest BCUT2D eigenvalue weighted by Gasteiger charge is 2.21. The van der Waals surface area contributed by atoms with Crippen LogP contribution in [-0.2, 0) is 6.54 Å². The molecule has 0 aliphatic carbocycles. The minimum Gasteiger partial charge on any atom is -0.325 e. The van der Waals surface area contributed by atoms with Crippen molar-refractivity contribution in [2.75, 3.05) is 5.43 Å². The number of rotatable bonds is 6. The van der Waals surface area contributed by atoms with Crippen LogP contribution in [0.3, 0.4) is 0 Å². The summed E-state index contributed by atoms with van der Waals surface area (Å²) in [5.74, 6) is 0.386. The Morgan fingerprint density at radius 3 is 2.35 bits per heavy atom. The van der Waals surface area contributed by atoms with Crippen molar-refractivity contribution < 1.29 is 14.8 Å². The lowest BCUT2D eigenvalue weighted by atomic mass is 10.1. The molecule has 2 heterocycles. The van der Waals surface area contributed by atoms with Crippen LogP contribution in [0.15, 0.2) is 47.4 Å². The third-order valence-corrected chi connectivity index (χ3v) is 5.38. The van der Waals surface area contributed by atoms with Crippen LogP contribution >= 0.6 is 0 Å². The van der Waals surface area contributed by atoms with E-state index in [4.69, 9.17) is 0 Å². The van der Waals surface area contributed by atoms with E-state index in [0.29, 0.717) is 29.9 Å². The molecule has 2 N–H and O–H groups in total. The van der Waals surface area contributed by atoms with Crippen molar-refractivity contribution in [1.82, 2.24) is 15.0 Å². The molecule has 0 amide bonds. The average molecular weight is 467 g/mol. The van der Waals surface area contributed by atoms with Crippen LogP contribution < -0.4 is 16.4 Å². The predicted octanol–water partition coefficient (Wildman–Crippen LogP) is 3.26. The van der Waals surface area contributed by atoms with E-state index in [2.05, 4.69) is 15.8 Å². The highest BCUT2D eigenvalue weighted by Crippen LogP contribution is 2.29. The zero-order chi connectivity index (χ0) is 24.4. The smallest absolute Gasteiger partial charge is 0.300 e. The Labute approximate surface area is 190 Å². The summed E-state index contributed by atoms with van der Waals surface area (Å²) in [6.07, 6.45) is 3.63. The SMILES string of the molecule is O=c1nc2n(c3ccc([N+](=O)[O-])cc13)CCCCC2=CNNc1ccc([N+](=O)[O-])cc1[N+](=O)[O-]. The van der Waals surface area contributed by atoms with E-state index in [0.717, 1.165) is 25.0 Å². The lowest BCUT2D eigenvalue weighted by Gasteiger charge is -2.15. The fraction of sp³-hybridized carbons (Fsp3) is 0.200. The topological polar surface area (TPSA) is 188 Å². The van der Waals surface area contributed by atoms with Gasteiger partial charge in [0.1, 0.15) is 11.5 Å². The summed E-state index contributed by atoms with van der Waals surface area (Å²) in [5, 5.41) is 33.4. The number of non-ortho nitro benzene ring substituents is 2. The zero-order valence-electron chi connectivity index (χ0n) is 17.5. The number of benzene rings is 2. The summed E-state index contributed by atoms with van der Waals surface area (Å²) >= 11 is 0. The number of nitrogens with one attached hydrogen (secondary N) is 2. The fourth-order valence-corrected chi connectivity index (χ4v) is 3.77. The van der Waals surface area contributed by atoms with Crippen molar-refractivity contribution in [2.45, 2.75) is 25.8 Å². The number of hydrogen-bond acceptors (Lipinski definition) is 10. The Morgan fingerprint density at radius 2 is 1.65 bits per heavy atom. The number of nitro groups is 3. The third kappa shape index (κ3) is 4.23. The Balaban J connectivity index is 1.69. The molecule has 0 atom stereocenters. The first-order chi connectivity index (χ1) is 16.3. The van der Waals surface area contributed by atoms with Gasteiger partial charge in [0.05, 0.1) is 31.7 Å². The molecule has 1 aliphatic heterocycles. The number of aromatic nitrogens is 2. The Bertz CT molecular complexity index is 1430. The average Bonchev–Trinajstić information content (AvgIpc) is 3.01. The van der Waals surface area contributed by atoms with E-state index in [-0.39, 0.29) is 16.8 Å². The number of hydrogen-bond donors (Lipinski definition) is 2. The van der Waals surface area contributed by atoms with Crippen LogP contribution in [0.25, 0.3) is 16.5 Å². The molecule has 1 aromatic heterocycles. The molecular formula is C20H17N7O7. The van der Waals surface area contributed by atoms with E-state index < -0.39 is 31.7 Å². The largest absolute Gasteiger partial charge is 0.325 e. The van der Waals surface area contributed by atoms with Gasteiger partial charge in [0.25, 0.3) is 16.9 Å². The van der Waals surface area contributed by atoms with Gasteiger partial charge in [-0.3, -0.25) is 40.6 Å². The summed E-state index contributed by atoms with van der Waals surface area (Å²) in [4.78, 5) is 48.0. The third-order valence-electron chi connectivity index (χ3n) is 5.38. The van der Waals surface area contributed by atoms with Crippen LogP contribution in [-0.4, -0.2) is 24.3 Å². The van der Waals surface area contributed by atoms with E-state index in [1.807, 2.05) is 4.57 Å². The van der Waals surface area contributed by atoms with Gasteiger partial charge in [0.2, 0.25) is 0 Å². The van der Waals surface area contributed by atoms with Gasteiger partial charge >= 0.3 is 5.69 Å². The van der Waals surface area contributed by atoms with Gasteiger partial charge in [-0.25, -0.2) is 0 Å². The van der Waals surface area contributed by atoms with Gasteiger partial charge < -0.3 is 9.99 Å². The van der Waals surface area contributed by atoms with Gasteiger partial charge in [-0.2, -0.15) is 4.98 Å². The molecule has 0 radical (unpaired) electrons. The fourth-order valence-electron chi connectivity index (χ4n) is 3.77. The molecule has 2 aromatic carbocycles. The minimum atomic E-state index is -0.739. The van der Waals surface area contributed by atoms with Gasteiger partial charge in [0.15, 0.2) is 0 Å². The number of hydrazine groups is 1. The number of anilines is 1. The van der Waals surface area contributed by atoms with Crippen molar-refractivity contribution in [3.8, 4) is 0 Å². The molecule has 4 rings (SSSR count). The van der Waals surface area contributed by atoms with Crippen LogP contribution in [0.2, 0.25) is 0 Å². The molecule has 1 aliphatic rings. The predicted molar refractivity (Wildman–Crippen MR) is 121 cm³/mol. The molecule has 14 nitrogen and oxygen atoms in total. The van der Waals surface area contributed by atoms with Crippen molar-refractivity contribution in [2.24, 2.45) is 0 Å². The Kier molecular flexibility index (Phi) is 5.86. The molecule has 0 bridgehead atoms. The molecule has 0 unspecified atom stereocenters. The van der Waals surface area contributed by atoms with Crippen LogP contribution in [0.1, 0.15) is 25.1 Å². The maximum absolute atomic E-state index is 12.6. The van der Waals surface area contributed by atoms with E-state index in [1.54, 1.807) is 0 Å². The molecule has 0 saturated carbocycles. The van der Waals surface area contributed by atoms with Crippen LogP contribution in [0.4, 0.5) is 22.7 Å². The van der Waals surface area contributed by atoms with Crippen molar-refractivity contribution in [3.05, 3.63) is 89.1 Å². The minimum absolute atomic E-state index is 0.0113. The highest BCUT2D eigenvalue weighted by atomic mass is 16.6. The number of nitrogens with zero attached hydrogens (tertiary/aromatic N) is 5. The summed E-state index contributed by atoms with van der Waals surface area (Å²) in [7, 11) is 0. The molecule has 174 valence electrons. The van der Waals surface area contributed by atoms with Crippen molar-refractivity contribution in [1.29, 1.82) is 0 Å².